The number of carboxylic acid groups (broad SMARTS) is 1. The Morgan fingerprint density at radius 2 is 2.29 bits per heavy atom. The molecule has 0 aromatic heterocycles. The van der Waals surface area contributed by atoms with Crippen LogP contribution in [-0.2, 0) is 9.59 Å². The minimum absolute atomic E-state index is 0.375. The monoisotopic (exact) mass is 304 g/mol. The molecule has 1 aromatic rings. The van der Waals surface area contributed by atoms with E-state index in [1.807, 2.05) is 12.3 Å². The number of hydrogen-bond acceptors (Lipinski definition) is 4. The second-order valence-electron chi connectivity index (χ2n) is 4.25. The molecule has 0 spiro atoms. The molecule has 0 aliphatic heterocycles. The summed E-state index contributed by atoms with van der Waals surface area (Å²) in [5.74, 6) is -0.853. The maximum atomic E-state index is 11.7. The van der Waals surface area contributed by atoms with Crippen molar-refractivity contribution in [1.29, 1.82) is 5.26 Å². The van der Waals surface area contributed by atoms with Crippen LogP contribution in [0.25, 0.3) is 6.08 Å². The molecular formula is C15H16N2O3S. The summed E-state index contributed by atoms with van der Waals surface area (Å²) in [6, 6.07) is 7.91. The second-order valence-corrected chi connectivity index (χ2v) is 5.24. The summed E-state index contributed by atoms with van der Waals surface area (Å²) in [6.45, 7) is 0. The fraction of sp³-hybridized carbons (Fsp3) is 0.267. The summed E-state index contributed by atoms with van der Waals surface area (Å²) < 4.78 is 0. The SMILES string of the molecule is CSCC[C@H](NC(=O)/C=C/c1cccc(C#N)c1)C(=O)O. The topological polar surface area (TPSA) is 90.2 Å². The molecule has 0 saturated carbocycles. The number of carbonyl (C=O) groups excluding carboxylic acids is 1. The predicted octanol–water partition coefficient (Wildman–Crippen LogP) is 1.89. The number of hydrogen-bond donors (Lipinski definition) is 2. The molecule has 6 heteroatoms. The lowest BCUT2D eigenvalue weighted by Crippen LogP contribution is -2.40. The molecule has 1 aromatic carbocycles. The standard InChI is InChI=1S/C15H16N2O3S/c1-21-8-7-13(15(19)20)17-14(18)6-5-11-3-2-4-12(9-11)10-16/h2-6,9,13H,7-8H2,1H3,(H,17,18)(H,19,20)/b6-5+/t13-/m0/s1. The van der Waals surface area contributed by atoms with Crippen LogP contribution in [-0.4, -0.2) is 35.0 Å². The van der Waals surface area contributed by atoms with Gasteiger partial charge in [0.15, 0.2) is 0 Å². The number of rotatable bonds is 7. The van der Waals surface area contributed by atoms with E-state index < -0.39 is 17.9 Å². The Hall–Kier alpha value is -2.26. The zero-order valence-electron chi connectivity index (χ0n) is 11.6. The Morgan fingerprint density at radius 1 is 1.52 bits per heavy atom. The number of carbonyl (C=O) groups is 2. The number of nitrogens with zero attached hydrogens (tertiary/aromatic N) is 1. The maximum absolute atomic E-state index is 11.7. The van der Waals surface area contributed by atoms with Crippen LogP contribution in [0.4, 0.5) is 0 Å². The van der Waals surface area contributed by atoms with Gasteiger partial charge in [-0.05, 0) is 42.2 Å². The van der Waals surface area contributed by atoms with Crippen LogP contribution >= 0.6 is 11.8 Å². The number of amides is 1. The lowest BCUT2D eigenvalue weighted by Gasteiger charge is -2.12. The van der Waals surface area contributed by atoms with E-state index in [0.717, 1.165) is 0 Å². The number of nitriles is 1. The number of carboxylic acids is 1. The van der Waals surface area contributed by atoms with E-state index in [1.165, 1.54) is 17.8 Å². The van der Waals surface area contributed by atoms with Crippen LogP contribution in [0.15, 0.2) is 30.3 Å². The van der Waals surface area contributed by atoms with Crippen molar-refractivity contribution in [3.05, 3.63) is 41.5 Å². The quantitative estimate of drug-likeness (QED) is 0.751. The van der Waals surface area contributed by atoms with Gasteiger partial charge in [0.1, 0.15) is 6.04 Å². The highest BCUT2D eigenvalue weighted by molar-refractivity contribution is 7.98. The largest absolute Gasteiger partial charge is 0.480 e. The van der Waals surface area contributed by atoms with Gasteiger partial charge < -0.3 is 10.4 Å². The van der Waals surface area contributed by atoms with E-state index in [-0.39, 0.29) is 0 Å². The van der Waals surface area contributed by atoms with Crippen molar-refractivity contribution in [3.63, 3.8) is 0 Å². The average Bonchev–Trinajstić information content (AvgIpc) is 2.49. The van der Waals surface area contributed by atoms with Crippen molar-refractivity contribution in [3.8, 4) is 6.07 Å². The van der Waals surface area contributed by atoms with Gasteiger partial charge in [0.05, 0.1) is 11.6 Å². The molecule has 1 rings (SSSR count). The lowest BCUT2D eigenvalue weighted by molar-refractivity contribution is -0.141. The molecule has 5 nitrogen and oxygen atoms in total. The summed E-state index contributed by atoms with van der Waals surface area (Å²) in [4.78, 5) is 22.7. The Morgan fingerprint density at radius 3 is 2.90 bits per heavy atom. The highest BCUT2D eigenvalue weighted by Crippen LogP contribution is 2.06. The third kappa shape index (κ3) is 6.15. The maximum Gasteiger partial charge on any atom is 0.326 e. The van der Waals surface area contributed by atoms with Gasteiger partial charge in [0, 0.05) is 6.08 Å². The van der Waals surface area contributed by atoms with Crippen LogP contribution in [0, 0.1) is 11.3 Å². The summed E-state index contributed by atoms with van der Waals surface area (Å²) in [5, 5.41) is 20.2. The molecule has 0 aliphatic rings. The van der Waals surface area contributed by atoms with Gasteiger partial charge in [-0.25, -0.2) is 4.79 Å². The Labute approximate surface area is 127 Å². The third-order valence-corrected chi connectivity index (χ3v) is 3.31. The number of thioether (sulfide) groups is 1. The van der Waals surface area contributed by atoms with E-state index in [2.05, 4.69) is 5.32 Å². The Bertz CT molecular complexity index is 579. The van der Waals surface area contributed by atoms with Crippen LogP contribution in [0.2, 0.25) is 0 Å². The molecule has 0 heterocycles. The number of benzene rings is 1. The molecule has 0 aliphatic carbocycles. The molecule has 1 amide bonds. The van der Waals surface area contributed by atoms with Crippen molar-refractivity contribution >= 4 is 29.7 Å². The van der Waals surface area contributed by atoms with E-state index in [9.17, 15) is 9.59 Å². The van der Waals surface area contributed by atoms with E-state index in [1.54, 1.807) is 30.3 Å². The number of aliphatic carboxylic acids is 1. The van der Waals surface area contributed by atoms with Crippen LogP contribution < -0.4 is 5.32 Å². The summed E-state index contributed by atoms with van der Waals surface area (Å²) in [6.07, 6.45) is 5.07. The molecule has 0 saturated heterocycles. The summed E-state index contributed by atoms with van der Waals surface area (Å²) >= 11 is 1.53. The zero-order chi connectivity index (χ0) is 15.7. The minimum Gasteiger partial charge on any atom is -0.480 e. The first-order chi connectivity index (χ1) is 10.1. The van der Waals surface area contributed by atoms with Gasteiger partial charge in [0.2, 0.25) is 5.91 Å². The van der Waals surface area contributed by atoms with Crippen molar-refractivity contribution in [1.82, 2.24) is 5.32 Å². The third-order valence-electron chi connectivity index (χ3n) is 2.67. The molecular weight excluding hydrogens is 288 g/mol. The van der Waals surface area contributed by atoms with Gasteiger partial charge in [-0.15, -0.1) is 0 Å². The summed E-state index contributed by atoms with van der Waals surface area (Å²) in [7, 11) is 0. The molecule has 0 radical (unpaired) electrons. The summed E-state index contributed by atoms with van der Waals surface area (Å²) in [5.41, 5.74) is 1.21. The average molecular weight is 304 g/mol. The van der Waals surface area contributed by atoms with Gasteiger partial charge in [-0.3, -0.25) is 4.79 Å². The van der Waals surface area contributed by atoms with Crippen LogP contribution in [0.5, 0.6) is 0 Å². The predicted molar refractivity (Wildman–Crippen MR) is 82.8 cm³/mol. The molecule has 1 atom stereocenters. The number of nitrogens with one attached hydrogen (secondary N) is 1. The van der Waals surface area contributed by atoms with Gasteiger partial charge in [-0.1, -0.05) is 12.1 Å². The smallest absolute Gasteiger partial charge is 0.326 e. The lowest BCUT2D eigenvalue weighted by atomic mass is 10.1. The van der Waals surface area contributed by atoms with Gasteiger partial charge >= 0.3 is 5.97 Å². The molecule has 21 heavy (non-hydrogen) atoms. The Balaban J connectivity index is 2.64. The highest BCUT2D eigenvalue weighted by Gasteiger charge is 2.17. The van der Waals surface area contributed by atoms with Gasteiger partial charge in [0.25, 0.3) is 0 Å². The van der Waals surface area contributed by atoms with Gasteiger partial charge in [-0.2, -0.15) is 17.0 Å². The second kappa shape index (κ2) is 8.82. The fourth-order valence-corrected chi connectivity index (χ4v) is 2.07. The zero-order valence-corrected chi connectivity index (χ0v) is 12.4. The first-order valence-corrected chi connectivity index (χ1v) is 7.66. The van der Waals surface area contributed by atoms with E-state index >= 15 is 0 Å². The van der Waals surface area contributed by atoms with Crippen LogP contribution in [0.3, 0.4) is 0 Å². The molecule has 0 fully saturated rings. The minimum atomic E-state index is -1.04. The van der Waals surface area contributed by atoms with Crippen molar-refractivity contribution in [2.45, 2.75) is 12.5 Å². The molecule has 2 N–H and O–H groups in total. The van der Waals surface area contributed by atoms with E-state index in [4.69, 9.17) is 10.4 Å². The van der Waals surface area contributed by atoms with Crippen molar-refractivity contribution < 1.29 is 14.7 Å². The van der Waals surface area contributed by atoms with Crippen molar-refractivity contribution in [2.24, 2.45) is 0 Å². The first kappa shape index (κ1) is 16.8. The van der Waals surface area contributed by atoms with Crippen LogP contribution in [0.1, 0.15) is 17.5 Å². The molecule has 110 valence electrons. The first-order valence-electron chi connectivity index (χ1n) is 6.27. The van der Waals surface area contributed by atoms with E-state index in [0.29, 0.717) is 23.3 Å². The van der Waals surface area contributed by atoms with Crippen molar-refractivity contribution in [2.75, 3.05) is 12.0 Å². The molecule has 0 unspecified atom stereocenters. The normalized spacial score (nSPS) is 11.8. The molecule has 0 bridgehead atoms. The Kier molecular flexibility index (Phi) is 7.05. The fourth-order valence-electron chi connectivity index (χ4n) is 1.60. The highest BCUT2D eigenvalue weighted by atomic mass is 32.2.